The van der Waals surface area contributed by atoms with Crippen molar-refractivity contribution in [2.45, 2.75) is 57.3 Å². The summed E-state index contributed by atoms with van der Waals surface area (Å²) < 4.78 is 0. The first-order valence-electron chi connectivity index (χ1n) is 11.6. The SMILES string of the molecule is CSCC[C@H](NC=O)C(=O)N[C@@H](CC(C)C)C(=O)N[C@@H](Cc1ccccc1)C(=O)N[C@@H](CS)C(=O)O. The number of rotatable bonds is 17. The van der Waals surface area contributed by atoms with E-state index in [0.29, 0.717) is 25.0 Å². The number of carbonyl (C=O) groups is 5. The summed E-state index contributed by atoms with van der Waals surface area (Å²) in [7, 11) is 0. The number of nitrogens with one attached hydrogen (secondary N) is 4. The smallest absolute Gasteiger partial charge is 0.327 e. The van der Waals surface area contributed by atoms with Crippen LogP contribution in [0.3, 0.4) is 0 Å². The van der Waals surface area contributed by atoms with Crippen molar-refractivity contribution in [3.05, 3.63) is 35.9 Å². The van der Waals surface area contributed by atoms with Crippen LogP contribution in [0.15, 0.2) is 30.3 Å². The zero-order valence-electron chi connectivity index (χ0n) is 20.7. The molecule has 4 atom stereocenters. The van der Waals surface area contributed by atoms with Crippen LogP contribution in [-0.2, 0) is 30.4 Å². The lowest BCUT2D eigenvalue weighted by atomic mass is 10.0. The lowest BCUT2D eigenvalue weighted by Gasteiger charge is -2.26. The average molecular weight is 541 g/mol. The molecule has 12 heteroatoms. The molecule has 1 aromatic carbocycles. The molecule has 0 saturated heterocycles. The van der Waals surface area contributed by atoms with Crippen LogP contribution < -0.4 is 21.3 Å². The zero-order valence-corrected chi connectivity index (χ0v) is 22.4. The number of carbonyl (C=O) groups excluding carboxylic acids is 4. The molecule has 0 spiro atoms. The second-order valence-corrected chi connectivity index (χ2v) is 9.99. The second-order valence-electron chi connectivity index (χ2n) is 8.64. The summed E-state index contributed by atoms with van der Waals surface area (Å²) in [5, 5.41) is 19.6. The van der Waals surface area contributed by atoms with E-state index in [0.717, 1.165) is 5.56 Å². The van der Waals surface area contributed by atoms with Gasteiger partial charge in [-0.3, -0.25) is 19.2 Å². The number of amides is 4. The molecule has 4 amide bonds. The van der Waals surface area contributed by atoms with Gasteiger partial charge in [-0.25, -0.2) is 4.79 Å². The van der Waals surface area contributed by atoms with Gasteiger partial charge in [-0.2, -0.15) is 24.4 Å². The number of benzene rings is 1. The van der Waals surface area contributed by atoms with Crippen molar-refractivity contribution >= 4 is 54.5 Å². The second kappa shape index (κ2) is 16.9. The average Bonchev–Trinajstić information content (AvgIpc) is 2.84. The normalized spacial score (nSPS) is 14.1. The van der Waals surface area contributed by atoms with Gasteiger partial charge in [0.1, 0.15) is 24.2 Å². The minimum atomic E-state index is -1.24. The fourth-order valence-electron chi connectivity index (χ4n) is 3.37. The Morgan fingerprint density at radius 1 is 0.944 bits per heavy atom. The van der Waals surface area contributed by atoms with E-state index in [1.165, 1.54) is 11.8 Å². The lowest BCUT2D eigenvalue weighted by molar-refractivity contribution is -0.141. The van der Waals surface area contributed by atoms with Crippen LogP contribution in [-0.4, -0.2) is 77.1 Å². The first kappa shape index (κ1) is 31.3. The van der Waals surface area contributed by atoms with Gasteiger partial charge in [-0.05, 0) is 36.3 Å². The van der Waals surface area contributed by atoms with Crippen molar-refractivity contribution in [1.29, 1.82) is 0 Å². The minimum absolute atomic E-state index is 0.0340. The van der Waals surface area contributed by atoms with Gasteiger partial charge in [-0.1, -0.05) is 44.2 Å². The Kier molecular flexibility index (Phi) is 14.7. The molecule has 200 valence electrons. The molecule has 0 aliphatic carbocycles. The minimum Gasteiger partial charge on any atom is -0.480 e. The summed E-state index contributed by atoms with van der Waals surface area (Å²) in [5.74, 6) is -2.46. The molecule has 36 heavy (non-hydrogen) atoms. The van der Waals surface area contributed by atoms with Gasteiger partial charge in [-0.15, -0.1) is 0 Å². The molecule has 5 N–H and O–H groups in total. The third-order valence-corrected chi connectivity index (χ3v) is 6.26. The largest absolute Gasteiger partial charge is 0.480 e. The first-order valence-corrected chi connectivity index (χ1v) is 13.6. The van der Waals surface area contributed by atoms with Gasteiger partial charge in [0.25, 0.3) is 0 Å². The summed E-state index contributed by atoms with van der Waals surface area (Å²) in [6.07, 6.45) is 3.12. The van der Waals surface area contributed by atoms with E-state index >= 15 is 0 Å². The number of aliphatic carboxylic acids is 1. The molecule has 1 aromatic rings. The Morgan fingerprint density at radius 3 is 2.03 bits per heavy atom. The number of carboxylic acid groups (broad SMARTS) is 1. The maximum Gasteiger partial charge on any atom is 0.327 e. The highest BCUT2D eigenvalue weighted by Gasteiger charge is 2.31. The maximum atomic E-state index is 13.3. The van der Waals surface area contributed by atoms with E-state index in [1.807, 2.05) is 26.2 Å². The van der Waals surface area contributed by atoms with Crippen LogP contribution in [0.25, 0.3) is 0 Å². The lowest BCUT2D eigenvalue weighted by Crippen LogP contribution is -2.58. The Morgan fingerprint density at radius 2 is 1.50 bits per heavy atom. The van der Waals surface area contributed by atoms with Gasteiger partial charge in [0.2, 0.25) is 24.1 Å². The third-order valence-electron chi connectivity index (χ3n) is 5.25. The molecule has 0 aliphatic rings. The standard InChI is InChI=1S/C24H36N4O6S2/c1-15(2)11-18(26-21(30)17(25-14-29)9-10-36-3)22(31)27-19(12-16-7-5-4-6-8-16)23(32)28-20(13-35)24(33)34/h4-8,14-15,17-20,35H,9-13H2,1-3H3,(H,25,29)(H,26,30)(H,27,31)(H,28,32)(H,33,34)/t17-,18-,19-,20-/m0/s1. The molecule has 0 fully saturated rings. The zero-order chi connectivity index (χ0) is 27.1. The molecule has 0 aliphatic heterocycles. The molecular formula is C24H36N4O6S2. The summed E-state index contributed by atoms with van der Waals surface area (Å²) in [6.45, 7) is 3.78. The van der Waals surface area contributed by atoms with Crippen molar-refractivity contribution < 1.29 is 29.1 Å². The Bertz CT molecular complexity index is 871. The van der Waals surface area contributed by atoms with E-state index in [2.05, 4.69) is 33.9 Å². The topological polar surface area (TPSA) is 154 Å². The van der Waals surface area contributed by atoms with E-state index in [1.54, 1.807) is 24.3 Å². The molecule has 0 heterocycles. The first-order chi connectivity index (χ1) is 17.1. The van der Waals surface area contributed by atoms with Crippen LogP contribution in [0.4, 0.5) is 0 Å². The van der Waals surface area contributed by atoms with Gasteiger partial charge in [0.15, 0.2) is 0 Å². The monoisotopic (exact) mass is 540 g/mol. The predicted molar refractivity (Wildman–Crippen MR) is 143 cm³/mol. The van der Waals surface area contributed by atoms with E-state index < -0.39 is 47.9 Å². The fraction of sp³-hybridized carbons (Fsp3) is 0.542. The van der Waals surface area contributed by atoms with Gasteiger partial charge >= 0.3 is 5.97 Å². The van der Waals surface area contributed by atoms with E-state index in [9.17, 15) is 29.1 Å². The summed E-state index contributed by atoms with van der Waals surface area (Å²) in [6, 6.07) is 4.88. The molecule has 0 aromatic heterocycles. The van der Waals surface area contributed by atoms with Crippen LogP contribution >= 0.6 is 24.4 Å². The Balaban J connectivity index is 3.10. The Labute approximate surface area is 221 Å². The van der Waals surface area contributed by atoms with Gasteiger partial charge < -0.3 is 26.4 Å². The fourth-order valence-corrected chi connectivity index (χ4v) is 4.09. The van der Waals surface area contributed by atoms with Crippen LogP contribution in [0.2, 0.25) is 0 Å². The van der Waals surface area contributed by atoms with Crippen molar-refractivity contribution in [1.82, 2.24) is 21.3 Å². The van der Waals surface area contributed by atoms with Gasteiger partial charge in [0, 0.05) is 12.2 Å². The predicted octanol–water partition coefficient (Wildman–Crippen LogP) is 0.612. The molecule has 10 nitrogen and oxygen atoms in total. The van der Waals surface area contributed by atoms with E-state index in [4.69, 9.17) is 0 Å². The molecule has 0 bridgehead atoms. The number of hydrogen-bond acceptors (Lipinski definition) is 7. The van der Waals surface area contributed by atoms with Crippen LogP contribution in [0.1, 0.15) is 32.3 Å². The van der Waals surface area contributed by atoms with Crippen molar-refractivity contribution in [2.24, 2.45) is 5.92 Å². The summed E-state index contributed by atoms with van der Waals surface area (Å²) in [5.41, 5.74) is 0.757. The van der Waals surface area contributed by atoms with Crippen molar-refractivity contribution in [2.75, 3.05) is 17.8 Å². The molecule has 0 saturated carbocycles. The number of hydrogen-bond donors (Lipinski definition) is 6. The number of carboxylic acids is 1. The third kappa shape index (κ3) is 11.3. The summed E-state index contributed by atoms with van der Waals surface area (Å²) in [4.78, 5) is 61.4. The molecule has 0 unspecified atom stereocenters. The van der Waals surface area contributed by atoms with E-state index in [-0.39, 0.29) is 18.1 Å². The summed E-state index contributed by atoms with van der Waals surface area (Å²) >= 11 is 5.50. The molecular weight excluding hydrogens is 504 g/mol. The van der Waals surface area contributed by atoms with Crippen LogP contribution in [0, 0.1) is 5.92 Å². The quantitative estimate of drug-likeness (QED) is 0.125. The highest BCUT2D eigenvalue weighted by molar-refractivity contribution is 7.98. The highest BCUT2D eigenvalue weighted by atomic mass is 32.2. The van der Waals surface area contributed by atoms with Gasteiger partial charge in [0.05, 0.1) is 0 Å². The highest BCUT2D eigenvalue weighted by Crippen LogP contribution is 2.10. The van der Waals surface area contributed by atoms with Crippen molar-refractivity contribution in [3.63, 3.8) is 0 Å². The molecule has 0 radical (unpaired) electrons. The number of thioether (sulfide) groups is 1. The van der Waals surface area contributed by atoms with Crippen LogP contribution in [0.5, 0.6) is 0 Å². The van der Waals surface area contributed by atoms with Crippen molar-refractivity contribution in [3.8, 4) is 0 Å². The Hall–Kier alpha value is -2.73. The molecule has 1 rings (SSSR count). The maximum absolute atomic E-state index is 13.3. The number of thiol groups is 1.